The van der Waals surface area contributed by atoms with Gasteiger partial charge in [0.2, 0.25) is 0 Å². The average molecular weight is 382 g/mol. The molecule has 3 aromatic rings. The van der Waals surface area contributed by atoms with Crippen LogP contribution in [0.5, 0.6) is 0 Å². The molecule has 8 heteroatoms. The summed E-state index contributed by atoms with van der Waals surface area (Å²) >= 11 is 0. The van der Waals surface area contributed by atoms with Gasteiger partial charge in [-0.1, -0.05) is 18.2 Å². The molecule has 1 atom stereocenters. The van der Waals surface area contributed by atoms with E-state index >= 15 is 0 Å². The van der Waals surface area contributed by atoms with Gasteiger partial charge in [-0.15, -0.1) is 0 Å². The number of carbonyl (C=O) groups is 1. The summed E-state index contributed by atoms with van der Waals surface area (Å²) in [4.78, 5) is 24.3. The van der Waals surface area contributed by atoms with E-state index in [0.29, 0.717) is 41.7 Å². The van der Waals surface area contributed by atoms with E-state index in [1.807, 2.05) is 18.2 Å². The van der Waals surface area contributed by atoms with Crippen LogP contribution in [0.1, 0.15) is 5.82 Å². The highest BCUT2D eigenvalue weighted by Crippen LogP contribution is 2.29. The number of halogens is 1. The van der Waals surface area contributed by atoms with Crippen molar-refractivity contribution >= 4 is 5.91 Å². The number of amides is 1. The van der Waals surface area contributed by atoms with Gasteiger partial charge in [-0.25, -0.2) is 9.37 Å². The Kier molecular flexibility index (Phi) is 5.41. The number of aromatic amines is 1. The van der Waals surface area contributed by atoms with Crippen LogP contribution in [-0.4, -0.2) is 46.8 Å². The quantitative estimate of drug-likeness (QED) is 0.707. The zero-order chi connectivity index (χ0) is 19.3. The zero-order valence-corrected chi connectivity index (χ0v) is 15.0. The molecule has 1 amide bonds. The molecule has 1 saturated heterocycles. The number of ether oxygens (including phenoxy) is 2. The lowest BCUT2D eigenvalue weighted by Crippen LogP contribution is -2.42. The van der Waals surface area contributed by atoms with Crippen molar-refractivity contribution in [3.8, 4) is 22.6 Å². The Bertz CT molecular complexity index is 955. The van der Waals surface area contributed by atoms with Gasteiger partial charge in [0.15, 0.2) is 6.10 Å². The Hall–Kier alpha value is -3.10. The maximum absolute atomic E-state index is 13.7. The van der Waals surface area contributed by atoms with Crippen molar-refractivity contribution in [2.45, 2.75) is 12.6 Å². The van der Waals surface area contributed by atoms with Gasteiger partial charge in [-0.2, -0.15) is 0 Å². The van der Waals surface area contributed by atoms with E-state index in [1.54, 1.807) is 18.3 Å². The number of rotatable bonds is 5. The molecule has 144 valence electrons. The fraction of sp³-hybridized carbons (Fsp3) is 0.250. The molecule has 2 N–H and O–H groups in total. The molecule has 7 nitrogen and oxygen atoms in total. The van der Waals surface area contributed by atoms with E-state index in [4.69, 9.17) is 9.47 Å². The lowest BCUT2D eigenvalue weighted by atomic mass is 10.1. The van der Waals surface area contributed by atoms with Gasteiger partial charge in [-0.3, -0.25) is 9.78 Å². The molecule has 0 saturated carbocycles. The highest BCUT2D eigenvalue weighted by atomic mass is 19.1. The summed E-state index contributed by atoms with van der Waals surface area (Å²) in [6, 6.07) is 11.7. The van der Waals surface area contributed by atoms with Crippen LogP contribution < -0.4 is 5.32 Å². The van der Waals surface area contributed by atoms with Gasteiger partial charge in [-0.05, 0) is 24.3 Å². The second-order valence-electron chi connectivity index (χ2n) is 6.28. The molecule has 3 heterocycles. The predicted octanol–water partition coefficient (Wildman–Crippen LogP) is 2.31. The van der Waals surface area contributed by atoms with Gasteiger partial charge in [0.25, 0.3) is 5.91 Å². The van der Waals surface area contributed by atoms with Crippen LogP contribution in [0.3, 0.4) is 0 Å². The minimum Gasteiger partial charge on any atom is -0.376 e. The zero-order valence-electron chi connectivity index (χ0n) is 15.0. The van der Waals surface area contributed by atoms with E-state index in [9.17, 15) is 9.18 Å². The number of aromatic nitrogens is 3. The Balaban J connectivity index is 1.59. The van der Waals surface area contributed by atoms with Crippen molar-refractivity contribution in [1.29, 1.82) is 0 Å². The minimum absolute atomic E-state index is 0.174. The molecule has 2 aromatic heterocycles. The Labute approximate surface area is 160 Å². The first-order chi connectivity index (χ1) is 13.7. The highest BCUT2D eigenvalue weighted by Gasteiger charge is 2.23. The number of hydrogen-bond donors (Lipinski definition) is 2. The number of pyridine rings is 1. The topological polar surface area (TPSA) is 89.1 Å². The molecule has 1 aliphatic rings. The van der Waals surface area contributed by atoms with E-state index in [2.05, 4.69) is 20.3 Å². The van der Waals surface area contributed by atoms with Crippen LogP contribution in [0.4, 0.5) is 4.39 Å². The molecule has 0 spiro atoms. The third-order valence-electron chi connectivity index (χ3n) is 4.31. The monoisotopic (exact) mass is 382 g/mol. The van der Waals surface area contributed by atoms with Crippen LogP contribution in [0.15, 0.2) is 48.7 Å². The smallest absolute Gasteiger partial charge is 0.251 e. The van der Waals surface area contributed by atoms with E-state index < -0.39 is 6.10 Å². The summed E-state index contributed by atoms with van der Waals surface area (Å²) in [5.74, 6) is -0.0791. The summed E-state index contributed by atoms with van der Waals surface area (Å²) in [5.41, 5.74) is 2.53. The number of imidazole rings is 1. The first-order valence-electron chi connectivity index (χ1n) is 8.94. The summed E-state index contributed by atoms with van der Waals surface area (Å²) in [6.45, 7) is 1.30. The summed E-state index contributed by atoms with van der Waals surface area (Å²) in [5, 5.41) is 2.79. The number of benzene rings is 1. The first kappa shape index (κ1) is 18.3. The third-order valence-corrected chi connectivity index (χ3v) is 4.31. The molecule has 0 bridgehead atoms. The Morgan fingerprint density at radius 2 is 2.18 bits per heavy atom. The molecule has 28 heavy (non-hydrogen) atoms. The summed E-state index contributed by atoms with van der Waals surface area (Å²) < 4.78 is 24.4. The lowest BCUT2D eigenvalue weighted by Gasteiger charge is -2.21. The highest BCUT2D eigenvalue weighted by molar-refractivity contribution is 5.81. The van der Waals surface area contributed by atoms with Crippen molar-refractivity contribution in [3.05, 3.63) is 60.3 Å². The molecule has 1 fully saturated rings. The number of nitrogens with zero attached hydrogens (tertiary/aromatic N) is 2. The van der Waals surface area contributed by atoms with Gasteiger partial charge >= 0.3 is 0 Å². The fourth-order valence-corrected chi connectivity index (χ4v) is 2.97. The first-order valence-corrected chi connectivity index (χ1v) is 8.94. The second kappa shape index (κ2) is 8.28. The maximum Gasteiger partial charge on any atom is 0.251 e. The van der Waals surface area contributed by atoms with E-state index in [0.717, 1.165) is 0 Å². The van der Waals surface area contributed by atoms with E-state index in [1.165, 1.54) is 12.1 Å². The van der Waals surface area contributed by atoms with Crippen LogP contribution >= 0.6 is 0 Å². The van der Waals surface area contributed by atoms with Crippen molar-refractivity contribution in [3.63, 3.8) is 0 Å². The number of nitrogens with one attached hydrogen (secondary N) is 2. The van der Waals surface area contributed by atoms with Crippen LogP contribution in [0.2, 0.25) is 0 Å². The number of H-pyrrole nitrogens is 1. The molecule has 4 rings (SSSR count). The Morgan fingerprint density at radius 3 is 2.93 bits per heavy atom. The van der Waals surface area contributed by atoms with Crippen LogP contribution in [-0.2, 0) is 20.8 Å². The summed E-state index contributed by atoms with van der Waals surface area (Å²) in [7, 11) is 0. The number of carbonyl (C=O) groups excluding carboxylic acids is 1. The fourth-order valence-electron chi connectivity index (χ4n) is 2.97. The predicted molar refractivity (Wildman–Crippen MR) is 99.6 cm³/mol. The largest absolute Gasteiger partial charge is 0.376 e. The van der Waals surface area contributed by atoms with Gasteiger partial charge in [0, 0.05) is 11.8 Å². The van der Waals surface area contributed by atoms with Crippen molar-refractivity contribution < 1.29 is 18.7 Å². The van der Waals surface area contributed by atoms with Crippen molar-refractivity contribution in [1.82, 2.24) is 20.3 Å². The normalized spacial score (nSPS) is 16.7. The molecular weight excluding hydrogens is 363 g/mol. The van der Waals surface area contributed by atoms with Gasteiger partial charge in [0.1, 0.15) is 11.6 Å². The number of hydrogen-bond acceptors (Lipinski definition) is 5. The molecule has 0 aliphatic carbocycles. The molecule has 0 unspecified atom stereocenters. The van der Waals surface area contributed by atoms with Crippen molar-refractivity contribution in [2.24, 2.45) is 0 Å². The molecular formula is C20H19FN4O3. The lowest BCUT2D eigenvalue weighted by molar-refractivity contribution is -0.147. The average Bonchev–Trinajstić information content (AvgIpc) is 3.18. The molecule has 1 aromatic carbocycles. The van der Waals surface area contributed by atoms with E-state index in [-0.39, 0.29) is 24.9 Å². The van der Waals surface area contributed by atoms with Crippen LogP contribution in [0.25, 0.3) is 22.6 Å². The Morgan fingerprint density at radius 1 is 1.25 bits per heavy atom. The van der Waals surface area contributed by atoms with Crippen molar-refractivity contribution in [2.75, 3.05) is 19.8 Å². The standard InChI is InChI=1S/C20H19FN4O3/c21-14-5-3-4-13(10-14)18-19(15-6-1-2-7-22-15)25-17(24-18)11-23-20(26)16-12-27-8-9-28-16/h1-7,10,16H,8-9,11-12H2,(H,23,26)(H,24,25)/t16-/m0/s1. The molecule has 1 aliphatic heterocycles. The van der Waals surface area contributed by atoms with Gasteiger partial charge < -0.3 is 19.8 Å². The SMILES string of the molecule is O=C(NCc1nc(-c2cccc(F)c2)c(-c2ccccn2)[nH]1)[C@@H]1COCCO1. The third kappa shape index (κ3) is 4.08. The molecule has 0 radical (unpaired) electrons. The minimum atomic E-state index is -0.623. The summed E-state index contributed by atoms with van der Waals surface area (Å²) in [6.07, 6.45) is 1.05. The van der Waals surface area contributed by atoms with Gasteiger partial charge in [0.05, 0.1) is 43.4 Å². The second-order valence-corrected chi connectivity index (χ2v) is 6.28. The van der Waals surface area contributed by atoms with Crippen LogP contribution in [0, 0.1) is 5.82 Å². The maximum atomic E-state index is 13.7.